The number of nitrogens with two attached hydrogens (primary N) is 1. The second-order valence-electron chi connectivity index (χ2n) is 7.39. The van der Waals surface area contributed by atoms with E-state index >= 15 is 0 Å². The number of carbonyl (C=O) groups is 3. The van der Waals surface area contributed by atoms with Gasteiger partial charge in [-0.15, -0.1) is 0 Å². The number of urea groups is 1. The maximum Gasteiger partial charge on any atom is 0.410 e. The Hall–Kier alpha value is -1.83. The maximum atomic E-state index is 12.1. The molecule has 0 aromatic carbocycles. The quantitative estimate of drug-likeness (QED) is 0.797. The van der Waals surface area contributed by atoms with Gasteiger partial charge in [0.1, 0.15) is 5.60 Å². The molecule has 8 nitrogen and oxygen atoms in total. The molecule has 2 atom stereocenters. The topological polar surface area (TPSA) is 105 Å². The minimum atomic E-state index is -0.843. The van der Waals surface area contributed by atoms with Crippen LogP contribution in [0.2, 0.25) is 0 Å². The molecule has 0 aromatic heterocycles. The van der Waals surface area contributed by atoms with Crippen LogP contribution in [0, 0.1) is 5.92 Å². The largest absolute Gasteiger partial charge is 0.444 e. The number of nitrogens with zero attached hydrogens (tertiary/aromatic N) is 2. The average Bonchev–Trinajstić information content (AvgIpc) is 2.44. The highest BCUT2D eigenvalue weighted by Crippen LogP contribution is 2.20. The lowest BCUT2D eigenvalue weighted by Crippen LogP contribution is -2.52. The normalized spacial score (nSPS) is 20.1. The standard InChI is InChI=1S/C16H30N4O4/c1-11(13(21)18-14(17)22)20-8-6-7-12(10-20)9-19(5)15(23)24-16(2,3)4/h11-12H,6-10H2,1-5H3,(H3,17,18,21,22)/t11-,12+/m1/s1. The fraction of sp³-hybridized carbons (Fsp3) is 0.812. The van der Waals surface area contributed by atoms with E-state index in [1.165, 1.54) is 0 Å². The van der Waals surface area contributed by atoms with Crippen LogP contribution in [0.3, 0.4) is 0 Å². The molecule has 24 heavy (non-hydrogen) atoms. The van der Waals surface area contributed by atoms with Crippen molar-refractivity contribution in [3.63, 3.8) is 0 Å². The molecular formula is C16H30N4O4. The predicted molar refractivity (Wildman–Crippen MR) is 90.3 cm³/mol. The highest BCUT2D eigenvalue weighted by Gasteiger charge is 2.29. The fourth-order valence-electron chi connectivity index (χ4n) is 2.79. The molecule has 0 aliphatic carbocycles. The highest BCUT2D eigenvalue weighted by molar-refractivity contribution is 5.96. The number of likely N-dealkylation sites (tertiary alicyclic amines) is 1. The van der Waals surface area contributed by atoms with Gasteiger partial charge in [0.2, 0.25) is 5.91 Å². The summed E-state index contributed by atoms with van der Waals surface area (Å²) in [5.74, 6) is -0.149. The summed E-state index contributed by atoms with van der Waals surface area (Å²) in [6.45, 7) is 9.27. The monoisotopic (exact) mass is 342 g/mol. The van der Waals surface area contributed by atoms with Gasteiger partial charge in [0.05, 0.1) is 6.04 Å². The van der Waals surface area contributed by atoms with Gasteiger partial charge in [0.25, 0.3) is 0 Å². The van der Waals surface area contributed by atoms with E-state index in [4.69, 9.17) is 10.5 Å². The SMILES string of the molecule is C[C@H](C(=O)NC(N)=O)N1CCC[C@@H](CN(C)C(=O)OC(C)(C)C)C1. The van der Waals surface area contributed by atoms with E-state index in [1.54, 1.807) is 18.9 Å². The number of primary amides is 1. The molecule has 0 radical (unpaired) electrons. The van der Waals surface area contributed by atoms with Crippen molar-refractivity contribution < 1.29 is 19.1 Å². The second kappa shape index (κ2) is 8.32. The van der Waals surface area contributed by atoms with Gasteiger partial charge < -0.3 is 15.4 Å². The predicted octanol–water partition coefficient (Wildman–Crippen LogP) is 1.15. The number of carbonyl (C=O) groups excluding carboxylic acids is 3. The first-order chi connectivity index (χ1) is 11.0. The Bertz CT molecular complexity index is 475. The van der Waals surface area contributed by atoms with E-state index in [2.05, 4.69) is 5.32 Å². The molecule has 1 rings (SSSR count). The molecule has 0 aromatic rings. The Balaban J connectivity index is 2.55. The molecule has 0 bridgehead atoms. The molecule has 8 heteroatoms. The first kappa shape index (κ1) is 20.2. The van der Waals surface area contributed by atoms with Crippen molar-refractivity contribution in [2.75, 3.05) is 26.7 Å². The van der Waals surface area contributed by atoms with Crippen molar-refractivity contribution in [2.45, 2.75) is 52.2 Å². The zero-order chi connectivity index (χ0) is 18.5. The van der Waals surface area contributed by atoms with Crippen molar-refractivity contribution in [3.05, 3.63) is 0 Å². The Morgan fingerprint density at radius 2 is 2.00 bits per heavy atom. The van der Waals surface area contributed by atoms with Gasteiger partial charge in [-0.05, 0) is 53.0 Å². The third kappa shape index (κ3) is 6.74. The Labute approximate surface area is 143 Å². The maximum absolute atomic E-state index is 12.1. The summed E-state index contributed by atoms with van der Waals surface area (Å²) in [7, 11) is 1.72. The molecule has 138 valence electrons. The van der Waals surface area contributed by atoms with Gasteiger partial charge >= 0.3 is 12.1 Å². The van der Waals surface area contributed by atoms with Crippen molar-refractivity contribution in [1.29, 1.82) is 0 Å². The number of ether oxygens (including phenoxy) is 1. The van der Waals surface area contributed by atoms with Crippen LogP contribution in [0.4, 0.5) is 9.59 Å². The number of nitrogens with one attached hydrogen (secondary N) is 1. The Morgan fingerprint density at radius 1 is 1.38 bits per heavy atom. The summed E-state index contributed by atoms with van der Waals surface area (Å²) in [4.78, 5) is 38.4. The average molecular weight is 342 g/mol. The van der Waals surface area contributed by atoms with Gasteiger partial charge in [-0.25, -0.2) is 9.59 Å². The molecule has 1 saturated heterocycles. The lowest BCUT2D eigenvalue weighted by molar-refractivity contribution is -0.125. The van der Waals surface area contributed by atoms with Gasteiger partial charge in [-0.1, -0.05) is 0 Å². The molecule has 0 spiro atoms. The molecule has 1 aliphatic rings. The Morgan fingerprint density at radius 3 is 2.54 bits per heavy atom. The van der Waals surface area contributed by atoms with Crippen LogP contribution in [-0.2, 0) is 9.53 Å². The summed E-state index contributed by atoms with van der Waals surface area (Å²) in [5, 5.41) is 2.11. The smallest absolute Gasteiger partial charge is 0.410 e. The number of rotatable bonds is 4. The van der Waals surface area contributed by atoms with Crippen molar-refractivity contribution in [2.24, 2.45) is 11.7 Å². The molecule has 0 unspecified atom stereocenters. The van der Waals surface area contributed by atoms with Crippen LogP contribution >= 0.6 is 0 Å². The van der Waals surface area contributed by atoms with E-state index in [0.717, 1.165) is 19.4 Å². The minimum Gasteiger partial charge on any atom is -0.444 e. The lowest BCUT2D eigenvalue weighted by Gasteiger charge is -2.37. The highest BCUT2D eigenvalue weighted by atomic mass is 16.6. The van der Waals surface area contributed by atoms with Crippen molar-refractivity contribution >= 4 is 18.0 Å². The Kier molecular flexibility index (Phi) is 7.01. The van der Waals surface area contributed by atoms with Crippen LogP contribution in [0.1, 0.15) is 40.5 Å². The van der Waals surface area contributed by atoms with E-state index in [1.807, 2.05) is 25.7 Å². The number of amides is 4. The zero-order valence-electron chi connectivity index (χ0n) is 15.3. The molecule has 1 aliphatic heterocycles. The minimum absolute atomic E-state index is 0.250. The van der Waals surface area contributed by atoms with Crippen LogP contribution in [0.15, 0.2) is 0 Å². The van der Waals surface area contributed by atoms with Crippen LogP contribution in [-0.4, -0.2) is 66.2 Å². The summed E-state index contributed by atoms with van der Waals surface area (Å²) in [5.41, 5.74) is 4.47. The van der Waals surface area contributed by atoms with Crippen LogP contribution < -0.4 is 11.1 Å². The van der Waals surface area contributed by atoms with E-state index in [-0.39, 0.29) is 12.0 Å². The molecule has 0 saturated carbocycles. The van der Waals surface area contributed by atoms with E-state index in [0.29, 0.717) is 13.1 Å². The third-order valence-corrected chi connectivity index (χ3v) is 3.96. The summed E-state index contributed by atoms with van der Waals surface area (Å²) < 4.78 is 5.36. The fourth-order valence-corrected chi connectivity index (χ4v) is 2.79. The summed E-state index contributed by atoms with van der Waals surface area (Å²) in [6, 6.07) is -1.28. The third-order valence-electron chi connectivity index (χ3n) is 3.96. The van der Waals surface area contributed by atoms with Gasteiger partial charge in [0, 0.05) is 20.1 Å². The first-order valence-electron chi connectivity index (χ1n) is 8.28. The summed E-state index contributed by atoms with van der Waals surface area (Å²) in [6.07, 6.45) is 1.56. The lowest BCUT2D eigenvalue weighted by atomic mass is 9.96. The number of imide groups is 1. The number of piperidine rings is 1. The van der Waals surface area contributed by atoms with Crippen LogP contribution in [0.5, 0.6) is 0 Å². The van der Waals surface area contributed by atoms with E-state index in [9.17, 15) is 14.4 Å². The molecule has 1 heterocycles. The molecule has 1 fully saturated rings. The van der Waals surface area contributed by atoms with Crippen LogP contribution in [0.25, 0.3) is 0 Å². The van der Waals surface area contributed by atoms with Gasteiger partial charge in [-0.2, -0.15) is 0 Å². The number of hydrogen-bond donors (Lipinski definition) is 2. The molecule has 3 N–H and O–H groups in total. The number of hydrogen-bond acceptors (Lipinski definition) is 5. The summed E-state index contributed by atoms with van der Waals surface area (Å²) >= 11 is 0. The first-order valence-corrected chi connectivity index (χ1v) is 8.28. The molecular weight excluding hydrogens is 312 g/mol. The molecule has 4 amide bonds. The zero-order valence-corrected chi connectivity index (χ0v) is 15.3. The van der Waals surface area contributed by atoms with Gasteiger partial charge in [-0.3, -0.25) is 15.0 Å². The van der Waals surface area contributed by atoms with Gasteiger partial charge in [0.15, 0.2) is 0 Å². The van der Waals surface area contributed by atoms with E-state index < -0.39 is 23.6 Å². The van der Waals surface area contributed by atoms with Crippen molar-refractivity contribution in [1.82, 2.24) is 15.1 Å². The van der Waals surface area contributed by atoms with Crippen molar-refractivity contribution in [3.8, 4) is 0 Å². The second-order valence-corrected chi connectivity index (χ2v) is 7.39.